The molecule has 6 heteroatoms. The third-order valence-electron chi connectivity index (χ3n) is 14.0. The Morgan fingerprint density at radius 2 is 0.534 bits per heavy atom. The number of esters is 3. The van der Waals surface area contributed by atoms with Gasteiger partial charge in [0, 0.05) is 19.3 Å². The molecule has 0 aromatic rings. The van der Waals surface area contributed by atoms with E-state index in [-0.39, 0.29) is 31.1 Å². The third kappa shape index (κ3) is 59.9. The molecule has 1 unspecified atom stereocenters. The van der Waals surface area contributed by atoms with Crippen molar-refractivity contribution in [3.8, 4) is 0 Å². The molecule has 0 aromatic carbocycles. The Balaban J connectivity index is 4.38. The Bertz CT molecular complexity index is 1310. The SMILES string of the molecule is CC/C=C\C/C=C\C/C=C\C/C=C\CCCCCCCCC(=O)OCC(COC(=O)CCCCCCCCCCCCCCCCCCC)OC(=O)CCCCCCCCC/C=C\CCCCCCCCCC. The molecule has 1 atom stereocenters. The number of hydrogen-bond acceptors (Lipinski definition) is 6. The summed E-state index contributed by atoms with van der Waals surface area (Å²) in [5, 5.41) is 0. The van der Waals surface area contributed by atoms with Gasteiger partial charge in [-0.2, -0.15) is 0 Å². The fourth-order valence-corrected chi connectivity index (χ4v) is 9.25. The highest BCUT2D eigenvalue weighted by molar-refractivity contribution is 5.71. The lowest BCUT2D eigenvalue weighted by molar-refractivity contribution is -0.167. The minimum Gasteiger partial charge on any atom is -0.462 e. The predicted octanol–water partition coefficient (Wildman–Crippen LogP) is 21.6. The fraction of sp³-hybridized carbons (Fsp3) is 0.806. The van der Waals surface area contributed by atoms with Gasteiger partial charge in [0.15, 0.2) is 6.10 Å². The van der Waals surface area contributed by atoms with Crippen molar-refractivity contribution in [3.05, 3.63) is 60.8 Å². The molecule has 73 heavy (non-hydrogen) atoms. The molecular weight excluding hydrogens is 901 g/mol. The van der Waals surface area contributed by atoms with Crippen molar-refractivity contribution in [3.63, 3.8) is 0 Å². The Hall–Kier alpha value is -2.89. The maximum atomic E-state index is 12.9. The number of carbonyl (C=O) groups is 3. The summed E-state index contributed by atoms with van der Waals surface area (Å²) < 4.78 is 16.9. The minimum atomic E-state index is -0.782. The maximum absolute atomic E-state index is 12.9. The molecule has 0 heterocycles. The normalized spacial score (nSPS) is 12.4. The first-order valence-electron chi connectivity index (χ1n) is 31.8. The number of rotatable bonds is 58. The number of ether oxygens (including phenoxy) is 3. The molecule has 0 saturated heterocycles. The van der Waals surface area contributed by atoms with Crippen LogP contribution in [0.5, 0.6) is 0 Å². The van der Waals surface area contributed by atoms with Gasteiger partial charge >= 0.3 is 17.9 Å². The molecule has 6 nitrogen and oxygen atoms in total. The van der Waals surface area contributed by atoms with Crippen molar-refractivity contribution in [2.45, 2.75) is 335 Å². The summed E-state index contributed by atoms with van der Waals surface area (Å²) in [5.74, 6) is -0.877. The van der Waals surface area contributed by atoms with E-state index in [4.69, 9.17) is 14.2 Å². The van der Waals surface area contributed by atoms with E-state index in [1.807, 2.05) is 0 Å². The largest absolute Gasteiger partial charge is 0.462 e. The molecule has 0 N–H and O–H groups in total. The van der Waals surface area contributed by atoms with Crippen LogP contribution in [-0.2, 0) is 28.6 Å². The Labute approximate surface area is 453 Å². The predicted molar refractivity (Wildman–Crippen MR) is 316 cm³/mol. The highest BCUT2D eigenvalue weighted by Gasteiger charge is 2.19. The Kier molecular flexibility index (Phi) is 59.2. The van der Waals surface area contributed by atoms with Crippen molar-refractivity contribution in [2.24, 2.45) is 0 Å². The van der Waals surface area contributed by atoms with Crippen molar-refractivity contribution < 1.29 is 28.6 Å². The van der Waals surface area contributed by atoms with Gasteiger partial charge in [-0.15, -0.1) is 0 Å². The van der Waals surface area contributed by atoms with Crippen molar-refractivity contribution in [1.29, 1.82) is 0 Å². The molecule has 0 fully saturated rings. The van der Waals surface area contributed by atoms with E-state index in [9.17, 15) is 14.4 Å². The van der Waals surface area contributed by atoms with Gasteiger partial charge in [0.05, 0.1) is 0 Å². The van der Waals surface area contributed by atoms with Gasteiger partial charge in [-0.1, -0.05) is 287 Å². The zero-order valence-corrected chi connectivity index (χ0v) is 48.7. The van der Waals surface area contributed by atoms with Gasteiger partial charge in [-0.05, 0) is 83.5 Å². The zero-order chi connectivity index (χ0) is 52.9. The van der Waals surface area contributed by atoms with Crippen LogP contribution in [0.25, 0.3) is 0 Å². The third-order valence-corrected chi connectivity index (χ3v) is 14.0. The van der Waals surface area contributed by atoms with Crippen molar-refractivity contribution >= 4 is 17.9 Å². The second kappa shape index (κ2) is 61.7. The summed E-state index contributed by atoms with van der Waals surface area (Å²) >= 11 is 0. The molecule has 0 aliphatic rings. The van der Waals surface area contributed by atoms with Gasteiger partial charge in [0.25, 0.3) is 0 Å². The van der Waals surface area contributed by atoms with E-state index < -0.39 is 6.10 Å². The number of allylic oxidation sites excluding steroid dienone is 10. The molecule has 0 rings (SSSR count). The van der Waals surface area contributed by atoms with Crippen molar-refractivity contribution in [1.82, 2.24) is 0 Å². The summed E-state index contributed by atoms with van der Waals surface area (Å²) in [7, 11) is 0. The summed E-state index contributed by atoms with van der Waals surface area (Å²) in [6.07, 6.45) is 77.9. The lowest BCUT2D eigenvalue weighted by Crippen LogP contribution is -2.30. The second-order valence-corrected chi connectivity index (χ2v) is 21.3. The average molecular weight is 1020 g/mol. The standard InChI is InChI=1S/C67H120O6/c1-4-7-10-13-16-19-22-25-28-31-33-36-39-42-45-48-51-54-57-60-66(69)72-63-64(62-71-65(68)59-56-53-50-47-44-41-38-35-30-27-24-21-18-15-12-9-6-3)73-67(70)61-58-55-52-49-46-43-40-37-34-32-29-26-23-20-17-14-11-8-5-2/h7,10,16,19,25,28,32-34,36,64H,4-6,8-9,11-15,17-18,20-24,26-27,29-31,35,37-63H2,1-3H3/b10-7-,19-16-,28-25-,34-32-,36-33-. The first-order chi connectivity index (χ1) is 36.0. The quantitative estimate of drug-likeness (QED) is 0.0261. The number of unbranched alkanes of at least 4 members (excludes halogenated alkanes) is 37. The van der Waals surface area contributed by atoms with Crippen LogP contribution < -0.4 is 0 Å². The smallest absolute Gasteiger partial charge is 0.306 e. The van der Waals surface area contributed by atoms with E-state index >= 15 is 0 Å². The molecule has 0 radical (unpaired) electrons. The van der Waals surface area contributed by atoms with Gasteiger partial charge in [0.1, 0.15) is 13.2 Å². The lowest BCUT2D eigenvalue weighted by Gasteiger charge is -2.18. The molecule has 424 valence electrons. The van der Waals surface area contributed by atoms with Gasteiger partial charge in [-0.25, -0.2) is 0 Å². The van der Waals surface area contributed by atoms with E-state index in [0.717, 1.165) is 89.9 Å². The molecule has 0 aliphatic heterocycles. The van der Waals surface area contributed by atoms with E-state index in [0.29, 0.717) is 19.3 Å². The van der Waals surface area contributed by atoms with Crippen LogP contribution in [0.15, 0.2) is 60.8 Å². The van der Waals surface area contributed by atoms with Crippen LogP contribution in [0.1, 0.15) is 329 Å². The van der Waals surface area contributed by atoms with Crippen molar-refractivity contribution in [2.75, 3.05) is 13.2 Å². The fourth-order valence-electron chi connectivity index (χ4n) is 9.25. The molecule has 0 aliphatic carbocycles. The van der Waals surface area contributed by atoms with Gasteiger partial charge < -0.3 is 14.2 Å². The monoisotopic (exact) mass is 1020 g/mol. The summed E-state index contributed by atoms with van der Waals surface area (Å²) in [5.41, 5.74) is 0. The second-order valence-electron chi connectivity index (χ2n) is 21.3. The van der Waals surface area contributed by atoms with Crippen LogP contribution in [-0.4, -0.2) is 37.2 Å². The lowest BCUT2D eigenvalue weighted by atomic mass is 10.0. The topological polar surface area (TPSA) is 78.9 Å². The summed E-state index contributed by atoms with van der Waals surface area (Å²) in [6, 6.07) is 0. The Morgan fingerprint density at radius 1 is 0.288 bits per heavy atom. The zero-order valence-electron chi connectivity index (χ0n) is 48.7. The maximum Gasteiger partial charge on any atom is 0.306 e. The minimum absolute atomic E-state index is 0.0773. The van der Waals surface area contributed by atoms with Crippen LogP contribution in [0.3, 0.4) is 0 Å². The summed E-state index contributed by atoms with van der Waals surface area (Å²) in [6.45, 7) is 6.56. The molecule has 0 spiro atoms. The average Bonchev–Trinajstić information content (AvgIpc) is 3.39. The molecule has 0 bridgehead atoms. The molecule has 0 saturated carbocycles. The van der Waals surface area contributed by atoms with E-state index in [1.54, 1.807) is 0 Å². The van der Waals surface area contributed by atoms with Crippen LogP contribution in [0.4, 0.5) is 0 Å². The Morgan fingerprint density at radius 3 is 0.849 bits per heavy atom. The van der Waals surface area contributed by atoms with E-state index in [1.165, 1.54) is 199 Å². The summed E-state index contributed by atoms with van der Waals surface area (Å²) in [4.78, 5) is 38.3. The van der Waals surface area contributed by atoms with Gasteiger partial charge in [0.2, 0.25) is 0 Å². The van der Waals surface area contributed by atoms with Crippen LogP contribution >= 0.6 is 0 Å². The molecule has 0 aromatic heterocycles. The first kappa shape index (κ1) is 70.1. The number of hydrogen-bond donors (Lipinski definition) is 0. The highest BCUT2D eigenvalue weighted by atomic mass is 16.6. The van der Waals surface area contributed by atoms with E-state index in [2.05, 4.69) is 81.5 Å². The highest BCUT2D eigenvalue weighted by Crippen LogP contribution is 2.17. The molecule has 0 amide bonds. The first-order valence-corrected chi connectivity index (χ1v) is 31.8. The molecular formula is C67H120O6. The number of carbonyl (C=O) groups excluding carboxylic acids is 3. The van der Waals surface area contributed by atoms with Crippen LogP contribution in [0, 0.1) is 0 Å². The van der Waals surface area contributed by atoms with Crippen LogP contribution in [0.2, 0.25) is 0 Å². The van der Waals surface area contributed by atoms with Gasteiger partial charge in [-0.3, -0.25) is 14.4 Å².